The number of nitrogens with zero attached hydrogens (tertiary/aromatic N) is 3. The highest BCUT2D eigenvalue weighted by molar-refractivity contribution is 5.36. The quantitative estimate of drug-likeness (QED) is 0.886. The van der Waals surface area contributed by atoms with Gasteiger partial charge in [-0.25, -0.2) is 4.98 Å². The minimum atomic E-state index is 0.0354. The second-order valence-electron chi connectivity index (χ2n) is 5.51. The molecule has 0 spiro atoms. The minimum absolute atomic E-state index is 0.0354. The van der Waals surface area contributed by atoms with E-state index in [2.05, 4.69) is 29.0 Å². The smallest absolute Gasteiger partial charge is 0.293 e. The van der Waals surface area contributed by atoms with Gasteiger partial charge in [-0.05, 0) is 39.2 Å². The van der Waals surface area contributed by atoms with Crippen molar-refractivity contribution in [3.05, 3.63) is 22.7 Å². The van der Waals surface area contributed by atoms with Crippen LogP contribution in [0.25, 0.3) is 0 Å². The molecule has 20 heavy (non-hydrogen) atoms. The molecule has 1 aromatic rings. The first-order valence-corrected chi connectivity index (χ1v) is 7.71. The van der Waals surface area contributed by atoms with Crippen LogP contribution in [0.2, 0.25) is 0 Å². The fraction of sp³-hybridized carbons (Fsp3) is 0.733. The summed E-state index contributed by atoms with van der Waals surface area (Å²) in [6, 6.07) is 0.554. The van der Waals surface area contributed by atoms with Gasteiger partial charge in [-0.2, -0.15) is 0 Å². The molecule has 1 aliphatic rings. The number of aryl methyl sites for hydroxylation is 1. The molecule has 1 aliphatic heterocycles. The fourth-order valence-electron chi connectivity index (χ4n) is 3.00. The van der Waals surface area contributed by atoms with Gasteiger partial charge < -0.3 is 14.8 Å². The van der Waals surface area contributed by atoms with Crippen molar-refractivity contribution < 1.29 is 0 Å². The van der Waals surface area contributed by atoms with Gasteiger partial charge in [-0.1, -0.05) is 6.92 Å². The first-order chi connectivity index (χ1) is 9.67. The lowest BCUT2D eigenvalue weighted by Crippen LogP contribution is -2.44. The van der Waals surface area contributed by atoms with E-state index in [-0.39, 0.29) is 5.56 Å². The Kier molecular flexibility index (Phi) is 5.17. The van der Waals surface area contributed by atoms with E-state index < -0.39 is 0 Å². The largest absolute Gasteiger partial charge is 0.352 e. The molecule has 2 rings (SSSR count). The molecule has 1 atom stereocenters. The van der Waals surface area contributed by atoms with E-state index in [0.29, 0.717) is 24.3 Å². The fourth-order valence-corrected chi connectivity index (χ4v) is 3.00. The van der Waals surface area contributed by atoms with Gasteiger partial charge in [0.15, 0.2) is 5.82 Å². The highest BCUT2D eigenvalue weighted by Crippen LogP contribution is 2.22. The zero-order chi connectivity index (χ0) is 14.5. The van der Waals surface area contributed by atoms with Crippen LogP contribution >= 0.6 is 0 Å². The summed E-state index contributed by atoms with van der Waals surface area (Å²) >= 11 is 0. The summed E-state index contributed by atoms with van der Waals surface area (Å²) in [4.78, 5) is 18.7. The van der Waals surface area contributed by atoms with Gasteiger partial charge in [0.25, 0.3) is 5.56 Å². The van der Waals surface area contributed by atoms with Gasteiger partial charge in [0, 0.05) is 38.1 Å². The van der Waals surface area contributed by atoms with Crippen molar-refractivity contribution in [2.75, 3.05) is 24.5 Å². The average Bonchev–Trinajstić information content (AvgIpc) is 2.48. The van der Waals surface area contributed by atoms with E-state index in [1.807, 2.05) is 6.92 Å². The molecule has 0 radical (unpaired) electrons. The van der Waals surface area contributed by atoms with Crippen LogP contribution in [-0.2, 0) is 6.54 Å². The Morgan fingerprint density at radius 3 is 2.70 bits per heavy atom. The maximum Gasteiger partial charge on any atom is 0.293 e. The van der Waals surface area contributed by atoms with Crippen molar-refractivity contribution in [1.82, 2.24) is 14.9 Å². The van der Waals surface area contributed by atoms with Gasteiger partial charge in [0.1, 0.15) is 0 Å². The Hall–Kier alpha value is -1.36. The monoisotopic (exact) mass is 278 g/mol. The maximum atomic E-state index is 12.3. The number of piperidine rings is 1. The highest BCUT2D eigenvalue weighted by Gasteiger charge is 2.25. The molecule has 1 saturated heterocycles. The van der Waals surface area contributed by atoms with E-state index in [1.54, 1.807) is 17.0 Å². The topological polar surface area (TPSA) is 50.2 Å². The van der Waals surface area contributed by atoms with Crippen LogP contribution in [0.3, 0.4) is 0 Å². The molecule has 112 valence electrons. The highest BCUT2D eigenvalue weighted by atomic mass is 16.1. The van der Waals surface area contributed by atoms with Gasteiger partial charge in [0.2, 0.25) is 0 Å². The zero-order valence-corrected chi connectivity index (χ0v) is 12.8. The van der Waals surface area contributed by atoms with Crippen LogP contribution < -0.4 is 15.8 Å². The van der Waals surface area contributed by atoms with Crippen LogP contribution in [-0.4, -0.2) is 35.2 Å². The van der Waals surface area contributed by atoms with Crippen molar-refractivity contribution >= 4 is 5.82 Å². The molecule has 0 bridgehead atoms. The first kappa shape index (κ1) is 15.0. The molecule has 2 heterocycles. The van der Waals surface area contributed by atoms with Crippen molar-refractivity contribution in [3.8, 4) is 0 Å². The Morgan fingerprint density at radius 2 is 2.10 bits per heavy atom. The molecule has 5 nitrogen and oxygen atoms in total. The summed E-state index contributed by atoms with van der Waals surface area (Å²) in [7, 11) is 0. The van der Waals surface area contributed by atoms with Crippen LogP contribution in [0.4, 0.5) is 5.82 Å². The van der Waals surface area contributed by atoms with Crippen LogP contribution in [0.15, 0.2) is 17.2 Å². The molecular weight excluding hydrogens is 252 g/mol. The van der Waals surface area contributed by atoms with Crippen LogP contribution in [0.1, 0.15) is 33.6 Å². The first-order valence-electron chi connectivity index (χ1n) is 7.71. The summed E-state index contributed by atoms with van der Waals surface area (Å²) in [6.45, 7) is 9.95. The average molecular weight is 278 g/mol. The third-order valence-corrected chi connectivity index (χ3v) is 4.31. The van der Waals surface area contributed by atoms with E-state index in [0.717, 1.165) is 32.5 Å². The normalized spacial score (nSPS) is 18.2. The van der Waals surface area contributed by atoms with Crippen molar-refractivity contribution in [3.63, 3.8) is 0 Å². The van der Waals surface area contributed by atoms with Gasteiger partial charge in [0.05, 0.1) is 0 Å². The van der Waals surface area contributed by atoms with E-state index >= 15 is 0 Å². The minimum Gasteiger partial charge on any atom is -0.352 e. The van der Waals surface area contributed by atoms with Crippen molar-refractivity contribution in [2.45, 2.75) is 46.2 Å². The molecule has 1 aromatic heterocycles. The summed E-state index contributed by atoms with van der Waals surface area (Å²) in [6.07, 6.45) is 5.73. The number of anilines is 1. The van der Waals surface area contributed by atoms with Crippen LogP contribution in [0.5, 0.6) is 0 Å². The molecule has 0 amide bonds. The molecule has 0 aliphatic carbocycles. The molecule has 0 saturated carbocycles. The third-order valence-electron chi connectivity index (χ3n) is 4.31. The van der Waals surface area contributed by atoms with Crippen molar-refractivity contribution in [1.29, 1.82) is 0 Å². The molecule has 1 unspecified atom stereocenters. The number of rotatable bonds is 5. The molecule has 5 heteroatoms. The lowest BCUT2D eigenvalue weighted by atomic mass is 9.90. The molecule has 0 aromatic carbocycles. The Bertz CT molecular complexity index is 477. The number of hydrogen-bond acceptors (Lipinski definition) is 4. The zero-order valence-electron chi connectivity index (χ0n) is 12.8. The summed E-state index contributed by atoms with van der Waals surface area (Å²) in [5, 5.41) is 3.50. The second-order valence-corrected chi connectivity index (χ2v) is 5.51. The van der Waals surface area contributed by atoms with Crippen LogP contribution in [0, 0.1) is 5.92 Å². The lowest BCUT2D eigenvalue weighted by molar-refractivity contribution is 0.314. The standard InChI is InChI=1S/C15H26N4O/c1-4-16-12(3)13-6-9-19(10-7-13)14-15(20)18(5-2)11-8-17-14/h8,11-13,16H,4-7,9-10H2,1-3H3. The third kappa shape index (κ3) is 3.20. The van der Waals surface area contributed by atoms with E-state index in [4.69, 9.17) is 0 Å². The molecule has 1 fully saturated rings. The summed E-state index contributed by atoms with van der Waals surface area (Å²) in [5.41, 5.74) is 0.0354. The van der Waals surface area contributed by atoms with Crippen molar-refractivity contribution in [2.24, 2.45) is 5.92 Å². The number of aromatic nitrogens is 2. The van der Waals surface area contributed by atoms with Gasteiger partial charge in [-0.3, -0.25) is 4.79 Å². The molecule has 1 N–H and O–H groups in total. The SMILES string of the molecule is CCNC(C)C1CCN(c2nccn(CC)c2=O)CC1. The number of nitrogens with one attached hydrogen (secondary N) is 1. The van der Waals surface area contributed by atoms with E-state index in [1.165, 1.54) is 0 Å². The number of hydrogen-bond donors (Lipinski definition) is 1. The predicted octanol–water partition coefficient (Wildman–Crippen LogP) is 1.48. The second kappa shape index (κ2) is 6.88. The molecular formula is C15H26N4O. The Balaban J connectivity index is 2.02. The Labute approximate surface area is 121 Å². The summed E-state index contributed by atoms with van der Waals surface area (Å²) in [5.74, 6) is 1.31. The lowest BCUT2D eigenvalue weighted by Gasteiger charge is -2.35. The predicted molar refractivity (Wildman–Crippen MR) is 82.2 cm³/mol. The van der Waals surface area contributed by atoms with E-state index in [9.17, 15) is 4.79 Å². The summed E-state index contributed by atoms with van der Waals surface area (Å²) < 4.78 is 1.72. The van der Waals surface area contributed by atoms with Gasteiger partial charge in [-0.15, -0.1) is 0 Å². The van der Waals surface area contributed by atoms with Gasteiger partial charge >= 0.3 is 0 Å². The Morgan fingerprint density at radius 1 is 1.40 bits per heavy atom. The maximum absolute atomic E-state index is 12.3.